The van der Waals surface area contributed by atoms with E-state index in [1.807, 2.05) is 31.2 Å². The van der Waals surface area contributed by atoms with Crippen molar-refractivity contribution in [3.8, 4) is 5.75 Å². The van der Waals surface area contributed by atoms with Crippen LogP contribution in [-0.4, -0.2) is 27.5 Å². The van der Waals surface area contributed by atoms with Crippen molar-refractivity contribution < 1.29 is 17.9 Å². The molecule has 0 spiro atoms. The molecule has 1 N–H and O–H groups in total. The zero-order valence-corrected chi connectivity index (χ0v) is 19.1. The molecule has 1 aliphatic rings. The molecule has 0 unspecified atom stereocenters. The van der Waals surface area contributed by atoms with Crippen molar-refractivity contribution >= 4 is 21.6 Å². The van der Waals surface area contributed by atoms with Crippen LogP contribution in [0.4, 0.5) is 5.69 Å². The highest BCUT2D eigenvalue weighted by Crippen LogP contribution is 2.34. The minimum absolute atomic E-state index is 0.0125. The van der Waals surface area contributed by atoms with Crippen molar-refractivity contribution in [3.63, 3.8) is 0 Å². The molecule has 166 valence electrons. The van der Waals surface area contributed by atoms with Gasteiger partial charge in [0.25, 0.3) is 5.91 Å². The highest BCUT2D eigenvalue weighted by Gasteiger charge is 2.32. The van der Waals surface area contributed by atoms with E-state index in [4.69, 9.17) is 4.74 Å². The second-order valence-electron chi connectivity index (χ2n) is 8.01. The quantitative estimate of drug-likeness (QED) is 0.614. The van der Waals surface area contributed by atoms with Gasteiger partial charge in [0.15, 0.2) is 0 Å². The van der Waals surface area contributed by atoms with Crippen LogP contribution in [0.5, 0.6) is 5.75 Å². The van der Waals surface area contributed by atoms with Gasteiger partial charge in [-0.3, -0.25) is 4.79 Å². The van der Waals surface area contributed by atoms with E-state index < -0.39 is 10.0 Å². The highest BCUT2D eigenvalue weighted by molar-refractivity contribution is 7.89. The molecule has 4 rings (SSSR count). The summed E-state index contributed by atoms with van der Waals surface area (Å²) in [4.78, 5) is 15.3. The Kier molecular flexibility index (Phi) is 6.04. The van der Waals surface area contributed by atoms with Gasteiger partial charge in [-0.05, 0) is 73.4 Å². The van der Waals surface area contributed by atoms with Gasteiger partial charge < -0.3 is 9.64 Å². The van der Waals surface area contributed by atoms with Crippen molar-refractivity contribution in [2.75, 3.05) is 12.0 Å². The monoisotopic (exact) mass is 450 g/mol. The van der Waals surface area contributed by atoms with Gasteiger partial charge in [-0.15, -0.1) is 0 Å². The first-order chi connectivity index (χ1) is 15.3. The zero-order chi connectivity index (χ0) is 22.9. The van der Waals surface area contributed by atoms with Crippen molar-refractivity contribution in [2.24, 2.45) is 0 Å². The van der Waals surface area contributed by atoms with Crippen molar-refractivity contribution in [1.29, 1.82) is 0 Å². The van der Waals surface area contributed by atoms with Crippen LogP contribution in [0.2, 0.25) is 0 Å². The van der Waals surface area contributed by atoms with Gasteiger partial charge >= 0.3 is 0 Å². The van der Waals surface area contributed by atoms with Crippen LogP contribution in [-0.2, 0) is 23.0 Å². The van der Waals surface area contributed by atoms with E-state index in [9.17, 15) is 13.2 Å². The van der Waals surface area contributed by atoms with Crippen LogP contribution >= 0.6 is 0 Å². The molecule has 6 nitrogen and oxygen atoms in total. The first-order valence-electron chi connectivity index (χ1n) is 10.4. The van der Waals surface area contributed by atoms with Crippen LogP contribution in [0, 0.1) is 6.92 Å². The maximum Gasteiger partial charge on any atom is 0.258 e. The van der Waals surface area contributed by atoms with Gasteiger partial charge in [-0.1, -0.05) is 30.3 Å². The number of hydrogen-bond acceptors (Lipinski definition) is 4. The maximum atomic E-state index is 13.2. The number of sulfonamides is 1. The Hall–Kier alpha value is -3.16. The molecule has 1 heterocycles. The average Bonchev–Trinajstić information content (AvgIpc) is 3.12. The molecule has 0 aliphatic carbocycles. The molecule has 1 aliphatic heterocycles. The van der Waals surface area contributed by atoms with Gasteiger partial charge in [0.1, 0.15) is 5.75 Å². The Bertz CT molecular complexity index is 1250. The topological polar surface area (TPSA) is 75.7 Å². The predicted octanol–water partition coefficient (Wildman–Crippen LogP) is 4.07. The molecule has 3 aromatic carbocycles. The minimum Gasteiger partial charge on any atom is -0.497 e. The number of carbonyl (C=O) groups excluding carboxylic acids is 1. The summed E-state index contributed by atoms with van der Waals surface area (Å²) in [5.74, 6) is 0.608. The summed E-state index contributed by atoms with van der Waals surface area (Å²) < 4.78 is 33.3. The summed E-state index contributed by atoms with van der Waals surface area (Å²) in [6, 6.07) is 19.7. The van der Waals surface area contributed by atoms with Crippen molar-refractivity contribution in [1.82, 2.24) is 4.72 Å². The number of anilines is 1. The Labute approximate surface area is 188 Å². The molecule has 1 amide bonds. The molecule has 0 fully saturated rings. The third-order valence-electron chi connectivity index (χ3n) is 5.77. The SMILES string of the molecule is COc1ccc(C(=O)N2c3cc(CNS(=O)(=O)c4ccccc4C)ccc3C[C@@H]2C)cc1. The number of nitrogens with zero attached hydrogens (tertiary/aromatic N) is 1. The fourth-order valence-corrected chi connectivity index (χ4v) is 5.32. The Morgan fingerprint density at radius 3 is 2.50 bits per heavy atom. The number of aryl methyl sites for hydroxylation is 1. The maximum absolute atomic E-state index is 13.2. The van der Waals surface area contributed by atoms with Crippen LogP contribution < -0.4 is 14.4 Å². The smallest absolute Gasteiger partial charge is 0.258 e. The molecule has 0 aromatic heterocycles. The second-order valence-corrected chi connectivity index (χ2v) is 9.75. The number of ether oxygens (including phenoxy) is 1. The van der Waals surface area contributed by atoms with Crippen LogP contribution in [0.3, 0.4) is 0 Å². The van der Waals surface area contributed by atoms with Gasteiger partial charge in [0, 0.05) is 23.8 Å². The van der Waals surface area contributed by atoms with E-state index in [0.29, 0.717) is 16.9 Å². The van der Waals surface area contributed by atoms with Gasteiger partial charge in [0.05, 0.1) is 12.0 Å². The van der Waals surface area contributed by atoms with E-state index in [0.717, 1.165) is 23.2 Å². The number of amides is 1. The van der Waals surface area contributed by atoms with Crippen LogP contribution in [0.15, 0.2) is 71.6 Å². The Morgan fingerprint density at radius 2 is 1.81 bits per heavy atom. The number of hydrogen-bond donors (Lipinski definition) is 1. The first kappa shape index (κ1) is 22.0. The largest absolute Gasteiger partial charge is 0.497 e. The number of methoxy groups -OCH3 is 1. The summed E-state index contributed by atoms with van der Waals surface area (Å²) in [5.41, 5.74) is 3.97. The summed E-state index contributed by atoms with van der Waals surface area (Å²) in [7, 11) is -2.05. The lowest BCUT2D eigenvalue weighted by Crippen LogP contribution is -2.35. The fourth-order valence-electron chi connectivity index (χ4n) is 4.06. The van der Waals surface area contributed by atoms with Gasteiger partial charge in [0.2, 0.25) is 10.0 Å². The van der Waals surface area contributed by atoms with E-state index in [1.165, 1.54) is 0 Å². The minimum atomic E-state index is -3.64. The lowest BCUT2D eigenvalue weighted by atomic mass is 10.1. The highest BCUT2D eigenvalue weighted by atomic mass is 32.2. The number of benzene rings is 3. The summed E-state index contributed by atoms with van der Waals surface area (Å²) in [6.07, 6.45) is 0.756. The predicted molar refractivity (Wildman–Crippen MR) is 125 cm³/mol. The van der Waals surface area contributed by atoms with Gasteiger partial charge in [-0.2, -0.15) is 0 Å². The number of carbonyl (C=O) groups is 1. The lowest BCUT2D eigenvalue weighted by molar-refractivity contribution is 0.0981. The molecule has 0 radical (unpaired) electrons. The van der Waals surface area contributed by atoms with E-state index in [-0.39, 0.29) is 23.4 Å². The zero-order valence-electron chi connectivity index (χ0n) is 18.3. The molecule has 0 saturated carbocycles. The number of rotatable bonds is 6. The molecule has 7 heteroatoms. The summed E-state index contributed by atoms with van der Waals surface area (Å²) >= 11 is 0. The number of fused-ring (bicyclic) bond motifs is 1. The first-order valence-corrected chi connectivity index (χ1v) is 11.9. The third kappa shape index (κ3) is 4.26. The summed E-state index contributed by atoms with van der Waals surface area (Å²) in [5, 5.41) is 0. The molecule has 1 atom stereocenters. The normalized spacial score (nSPS) is 15.5. The Morgan fingerprint density at radius 1 is 1.09 bits per heavy atom. The van der Waals surface area contributed by atoms with Crippen LogP contribution in [0.25, 0.3) is 0 Å². The van der Waals surface area contributed by atoms with Crippen molar-refractivity contribution in [2.45, 2.75) is 37.8 Å². The van der Waals surface area contributed by atoms with E-state index in [1.54, 1.807) is 61.4 Å². The van der Waals surface area contributed by atoms with E-state index in [2.05, 4.69) is 4.72 Å². The standard InChI is InChI=1S/C25H26N2O4S/c1-17-6-4-5-7-24(17)32(29,30)26-16-19-8-9-21-14-18(2)27(23(21)15-19)25(28)20-10-12-22(31-3)13-11-20/h4-13,15,18,26H,14,16H2,1-3H3/t18-/m0/s1. The van der Waals surface area contributed by atoms with Gasteiger partial charge in [-0.25, -0.2) is 13.1 Å². The molecule has 32 heavy (non-hydrogen) atoms. The molecular weight excluding hydrogens is 424 g/mol. The number of nitrogens with one attached hydrogen (secondary N) is 1. The second kappa shape index (κ2) is 8.76. The average molecular weight is 451 g/mol. The fraction of sp³-hybridized carbons (Fsp3) is 0.240. The third-order valence-corrected chi connectivity index (χ3v) is 7.33. The van der Waals surface area contributed by atoms with Crippen molar-refractivity contribution in [3.05, 3.63) is 89.0 Å². The molecule has 0 saturated heterocycles. The summed E-state index contributed by atoms with van der Waals surface area (Å²) in [6.45, 7) is 3.93. The molecule has 0 bridgehead atoms. The van der Waals surface area contributed by atoms with Crippen LogP contribution in [0.1, 0.15) is 34.0 Å². The molecule has 3 aromatic rings. The Balaban J connectivity index is 1.56. The molecular formula is C25H26N2O4S. The lowest BCUT2D eigenvalue weighted by Gasteiger charge is -2.23. The van der Waals surface area contributed by atoms with E-state index >= 15 is 0 Å².